The molecule has 1 fully saturated rings. The highest BCUT2D eigenvalue weighted by Crippen LogP contribution is 2.45. The van der Waals surface area contributed by atoms with E-state index in [9.17, 15) is 4.79 Å². The minimum atomic E-state index is 0.186. The molecule has 3 nitrogen and oxygen atoms in total. The van der Waals surface area contributed by atoms with E-state index in [1.54, 1.807) is 11.3 Å². The highest BCUT2D eigenvalue weighted by atomic mass is 32.2. The third kappa shape index (κ3) is 3.12. The molecule has 0 aliphatic carbocycles. The van der Waals surface area contributed by atoms with Crippen LogP contribution in [0.5, 0.6) is 0 Å². The summed E-state index contributed by atoms with van der Waals surface area (Å²) in [5.41, 5.74) is 5.16. The van der Waals surface area contributed by atoms with Crippen molar-refractivity contribution in [2.24, 2.45) is 0 Å². The van der Waals surface area contributed by atoms with Gasteiger partial charge in [-0.1, -0.05) is 36.4 Å². The van der Waals surface area contributed by atoms with Gasteiger partial charge >= 0.3 is 0 Å². The first kappa shape index (κ1) is 17.8. The number of thioether (sulfide) groups is 1. The second kappa shape index (κ2) is 7.30. The molecule has 3 aromatic rings. The number of amides is 1. The van der Waals surface area contributed by atoms with Crippen LogP contribution in [0.4, 0.5) is 5.69 Å². The van der Waals surface area contributed by atoms with Crippen molar-refractivity contribution < 1.29 is 4.79 Å². The molecule has 142 valence electrons. The number of hydrogen-bond donors (Lipinski definition) is 0. The van der Waals surface area contributed by atoms with Gasteiger partial charge in [-0.25, -0.2) is 0 Å². The number of carbonyl (C=O) groups excluding carboxylic acids is 1. The van der Waals surface area contributed by atoms with Gasteiger partial charge in [0.15, 0.2) is 0 Å². The number of thiophene rings is 1. The molecule has 2 aliphatic rings. The zero-order chi connectivity index (χ0) is 19.1. The zero-order valence-corrected chi connectivity index (χ0v) is 17.5. The quantitative estimate of drug-likeness (QED) is 0.578. The summed E-state index contributed by atoms with van der Waals surface area (Å²) >= 11 is 3.53. The van der Waals surface area contributed by atoms with E-state index in [2.05, 4.69) is 66.4 Å². The summed E-state index contributed by atoms with van der Waals surface area (Å²) in [6.45, 7) is 5.49. The van der Waals surface area contributed by atoms with E-state index in [1.165, 1.54) is 32.2 Å². The minimum Gasteiger partial charge on any atom is -0.368 e. The van der Waals surface area contributed by atoms with E-state index >= 15 is 0 Å². The summed E-state index contributed by atoms with van der Waals surface area (Å²) in [7, 11) is 0. The molecule has 3 heterocycles. The Morgan fingerprint density at radius 2 is 1.71 bits per heavy atom. The molecule has 0 bridgehead atoms. The van der Waals surface area contributed by atoms with Gasteiger partial charge in [0.25, 0.3) is 5.91 Å². The van der Waals surface area contributed by atoms with Crippen molar-refractivity contribution in [2.45, 2.75) is 17.6 Å². The lowest BCUT2D eigenvalue weighted by molar-refractivity contribution is 0.0751. The average molecular weight is 407 g/mol. The fourth-order valence-corrected chi connectivity index (χ4v) is 6.41. The Balaban J connectivity index is 1.32. The minimum absolute atomic E-state index is 0.186. The molecule has 1 aromatic heterocycles. The summed E-state index contributed by atoms with van der Waals surface area (Å²) in [5, 5.41) is 0. The standard InChI is InChI=1S/C23H22N2OS2/c1-16-6-2-4-8-19(16)24-10-12-25(13-11-24)23(26)21-14-17-15-27-20-9-5-3-7-18(20)22(17)28-21/h2-9,14H,10-13,15H2,1H3. The predicted molar refractivity (Wildman–Crippen MR) is 119 cm³/mol. The number of carbonyl (C=O) groups is 1. The summed E-state index contributed by atoms with van der Waals surface area (Å²) in [4.78, 5) is 21.0. The van der Waals surface area contributed by atoms with E-state index in [1.807, 2.05) is 16.7 Å². The molecule has 0 spiro atoms. The topological polar surface area (TPSA) is 23.6 Å². The van der Waals surface area contributed by atoms with E-state index in [-0.39, 0.29) is 5.91 Å². The van der Waals surface area contributed by atoms with E-state index in [0.29, 0.717) is 0 Å². The lowest BCUT2D eigenvalue weighted by Gasteiger charge is -2.36. The summed E-state index contributed by atoms with van der Waals surface area (Å²) in [6, 6.07) is 19.1. The second-order valence-corrected chi connectivity index (χ2v) is 9.38. The first-order valence-corrected chi connectivity index (χ1v) is 11.5. The summed E-state index contributed by atoms with van der Waals surface area (Å²) in [6.07, 6.45) is 0. The zero-order valence-electron chi connectivity index (χ0n) is 15.9. The lowest BCUT2D eigenvalue weighted by Crippen LogP contribution is -2.48. The highest BCUT2D eigenvalue weighted by Gasteiger charge is 2.27. The molecule has 0 N–H and O–H groups in total. The number of aryl methyl sites for hydroxylation is 1. The summed E-state index contributed by atoms with van der Waals surface area (Å²) in [5.74, 6) is 1.14. The Kier molecular flexibility index (Phi) is 4.65. The van der Waals surface area contributed by atoms with Crippen LogP contribution in [-0.4, -0.2) is 37.0 Å². The van der Waals surface area contributed by atoms with Crippen molar-refractivity contribution in [3.05, 3.63) is 70.6 Å². The first-order chi connectivity index (χ1) is 13.7. The molecule has 0 saturated carbocycles. The van der Waals surface area contributed by atoms with Crippen molar-refractivity contribution in [3.8, 4) is 10.4 Å². The van der Waals surface area contributed by atoms with Gasteiger partial charge in [0.2, 0.25) is 0 Å². The van der Waals surface area contributed by atoms with Crippen molar-refractivity contribution in [1.29, 1.82) is 0 Å². The van der Waals surface area contributed by atoms with Crippen molar-refractivity contribution in [1.82, 2.24) is 4.90 Å². The smallest absolute Gasteiger partial charge is 0.264 e. The van der Waals surface area contributed by atoms with Crippen LogP contribution in [0.15, 0.2) is 59.5 Å². The van der Waals surface area contributed by atoms with Gasteiger partial charge < -0.3 is 9.80 Å². The number of anilines is 1. The van der Waals surface area contributed by atoms with Crippen molar-refractivity contribution in [2.75, 3.05) is 31.1 Å². The normalized spacial score (nSPS) is 15.9. The Morgan fingerprint density at radius 1 is 0.964 bits per heavy atom. The number of para-hydroxylation sites is 1. The second-order valence-electron chi connectivity index (χ2n) is 7.32. The third-order valence-corrected chi connectivity index (χ3v) is 7.88. The third-order valence-electron chi connectivity index (χ3n) is 5.56. The van der Waals surface area contributed by atoms with E-state index in [4.69, 9.17) is 0 Å². The average Bonchev–Trinajstić information content (AvgIpc) is 3.19. The van der Waals surface area contributed by atoms with E-state index < -0.39 is 0 Å². The Bertz CT molecular complexity index is 1030. The number of hydrogen-bond acceptors (Lipinski definition) is 4. The molecule has 0 atom stereocenters. The van der Waals surface area contributed by atoms with Crippen LogP contribution in [0.2, 0.25) is 0 Å². The number of piperazine rings is 1. The number of rotatable bonds is 2. The van der Waals surface area contributed by atoms with Gasteiger partial charge in [-0.2, -0.15) is 0 Å². The molecule has 1 amide bonds. The molecule has 0 radical (unpaired) electrons. The van der Waals surface area contributed by atoms with Crippen LogP contribution in [0, 0.1) is 6.92 Å². The van der Waals surface area contributed by atoms with Gasteiger partial charge in [-0.3, -0.25) is 4.79 Å². The van der Waals surface area contributed by atoms with Crippen LogP contribution >= 0.6 is 23.1 Å². The largest absolute Gasteiger partial charge is 0.368 e. The van der Waals surface area contributed by atoms with Crippen molar-refractivity contribution >= 4 is 34.7 Å². The monoisotopic (exact) mass is 406 g/mol. The van der Waals surface area contributed by atoms with Gasteiger partial charge in [0, 0.05) is 53.0 Å². The Labute approximate surface area is 174 Å². The Morgan fingerprint density at radius 3 is 2.54 bits per heavy atom. The first-order valence-electron chi connectivity index (χ1n) is 9.65. The predicted octanol–water partition coefficient (Wildman–Crippen LogP) is 5.29. The maximum Gasteiger partial charge on any atom is 0.264 e. The number of nitrogens with zero attached hydrogens (tertiary/aromatic N) is 2. The molecule has 2 aliphatic heterocycles. The fraction of sp³-hybridized carbons (Fsp3) is 0.261. The molecule has 5 rings (SSSR count). The maximum atomic E-state index is 13.2. The molecule has 0 unspecified atom stereocenters. The molecular formula is C23H22N2OS2. The van der Waals surface area contributed by atoms with Crippen LogP contribution < -0.4 is 4.90 Å². The van der Waals surface area contributed by atoms with Crippen LogP contribution in [0.25, 0.3) is 10.4 Å². The molecule has 1 saturated heterocycles. The van der Waals surface area contributed by atoms with Gasteiger partial charge in [0.1, 0.15) is 0 Å². The molecule has 5 heteroatoms. The lowest BCUT2D eigenvalue weighted by atomic mass is 10.1. The SMILES string of the molecule is Cc1ccccc1N1CCN(C(=O)c2cc3c(s2)-c2ccccc2SC3)CC1. The van der Waals surface area contributed by atoms with Crippen molar-refractivity contribution in [3.63, 3.8) is 0 Å². The van der Waals surface area contributed by atoms with Gasteiger partial charge in [0.05, 0.1) is 4.88 Å². The van der Waals surface area contributed by atoms with E-state index in [0.717, 1.165) is 36.8 Å². The molecule has 28 heavy (non-hydrogen) atoms. The van der Waals surface area contributed by atoms with Gasteiger partial charge in [-0.05, 0) is 36.2 Å². The van der Waals surface area contributed by atoms with Crippen LogP contribution in [0.1, 0.15) is 20.8 Å². The Hall–Kier alpha value is -2.24. The van der Waals surface area contributed by atoms with Gasteiger partial charge in [-0.15, -0.1) is 23.1 Å². The van der Waals surface area contributed by atoms with Crippen LogP contribution in [0.3, 0.4) is 0 Å². The highest BCUT2D eigenvalue weighted by molar-refractivity contribution is 7.98. The molecular weight excluding hydrogens is 384 g/mol. The number of fused-ring (bicyclic) bond motifs is 3. The molecule has 2 aromatic carbocycles. The maximum absolute atomic E-state index is 13.2. The van der Waals surface area contributed by atoms with Crippen LogP contribution in [-0.2, 0) is 5.75 Å². The number of benzene rings is 2. The fourth-order valence-electron chi connectivity index (χ4n) is 4.03. The summed E-state index contributed by atoms with van der Waals surface area (Å²) < 4.78 is 0.